The average molecular weight is 227 g/mol. The smallest absolute Gasteiger partial charge is 0.255 e. The van der Waals surface area contributed by atoms with E-state index in [1.807, 2.05) is 12.1 Å². The Hall–Kier alpha value is -1.23. The Kier molecular flexibility index (Phi) is 3.66. The van der Waals surface area contributed by atoms with Crippen molar-refractivity contribution in [3.8, 4) is 0 Å². The summed E-state index contributed by atoms with van der Waals surface area (Å²) in [6, 6.07) is 5.75. The molecule has 0 spiro atoms. The van der Waals surface area contributed by atoms with Gasteiger partial charge in [-0.05, 0) is 31.5 Å². The van der Waals surface area contributed by atoms with Gasteiger partial charge in [-0.3, -0.25) is 0 Å². The molecule has 1 aromatic heterocycles. The van der Waals surface area contributed by atoms with Crippen LogP contribution in [-0.4, -0.2) is 24.5 Å². The first-order valence-corrected chi connectivity index (χ1v) is 5.48. The fourth-order valence-corrected chi connectivity index (χ4v) is 1.86. The van der Waals surface area contributed by atoms with E-state index in [0.29, 0.717) is 5.82 Å². The fraction of sp³-hybridized carbons (Fsp3) is 0.545. The van der Waals surface area contributed by atoms with Gasteiger partial charge in [0.05, 0.1) is 12.2 Å². The standard InChI is InChI=1S/C11H15F2N3/c12-10(13)7-15-11-5-1-3-9(16-11)8-4-2-6-14-8/h1,3,5,8,10,14H,2,4,6-7H2,(H,15,16)/t8-/m0/s1. The molecule has 88 valence electrons. The Labute approximate surface area is 93.3 Å². The van der Waals surface area contributed by atoms with Crippen LogP contribution in [0, 0.1) is 0 Å². The number of anilines is 1. The van der Waals surface area contributed by atoms with Crippen LogP contribution < -0.4 is 10.6 Å². The topological polar surface area (TPSA) is 37.0 Å². The molecule has 1 aromatic rings. The Morgan fingerprint density at radius 2 is 2.38 bits per heavy atom. The van der Waals surface area contributed by atoms with Crippen LogP contribution in [0.15, 0.2) is 18.2 Å². The van der Waals surface area contributed by atoms with Crippen molar-refractivity contribution in [1.29, 1.82) is 0 Å². The molecule has 0 saturated carbocycles. The molecule has 0 aromatic carbocycles. The number of halogens is 2. The van der Waals surface area contributed by atoms with Crippen molar-refractivity contribution in [3.05, 3.63) is 23.9 Å². The number of hydrogen-bond donors (Lipinski definition) is 2. The van der Waals surface area contributed by atoms with E-state index in [1.165, 1.54) is 0 Å². The molecule has 0 amide bonds. The zero-order chi connectivity index (χ0) is 11.4. The SMILES string of the molecule is FC(F)CNc1cccc([C@@H]2CCCN2)n1. The largest absolute Gasteiger partial charge is 0.364 e. The molecule has 1 atom stereocenters. The number of alkyl halides is 2. The maximum Gasteiger partial charge on any atom is 0.255 e. The predicted octanol–water partition coefficient (Wildman–Crippen LogP) is 2.18. The Balaban J connectivity index is 2.01. The Morgan fingerprint density at radius 1 is 1.50 bits per heavy atom. The molecule has 0 radical (unpaired) electrons. The van der Waals surface area contributed by atoms with Gasteiger partial charge in [-0.2, -0.15) is 0 Å². The summed E-state index contributed by atoms with van der Waals surface area (Å²) >= 11 is 0. The van der Waals surface area contributed by atoms with Crippen LogP contribution in [0.4, 0.5) is 14.6 Å². The summed E-state index contributed by atoms with van der Waals surface area (Å²) in [7, 11) is 0. The second-order valence-corrected chi connectivity index (χ2v) is 3.87. The molecule has 1 saturated heterocycles. The lowest BCUT2D eigenvalue weighted by atomic mass is 10.1. The van der Waals surface area contributed by atoms with Crippen molar-refractivity contribution >= 4 is 5.82 Å². The van der Waals surface area contributed by atoms with E-state index in [-0.39, 0.29) is 12.6 Å². The molecule has 2 heterocycles. The molecule has 16 heavy (non-hydrogen) atoms. The van der Waals surface area contributed by atoms with Crippen molar-refractivity contribution in [3.63, 3.8) is 0 Å². The summed E-state index contributed by atoms with van der Waals surface area (Å²) < 4.78 is 24.0. The molecule has 3 nitrogen and oxygen atoms in total. The van der Waals surface area contributed by atoms with E-state index >= 15 is 0 Å². The quantitative estimate of drug-likeness (QED) is 0.827. The Morgan fingerprint density at radius 3 is 3.06 bits per heavy atom. The van der Waals surface area contributed by atoms with Gasteiger partial charge in [-0.25, -0.2) is 13.8 Å². The van der Waals surface area contributed by atoms with Crippen molar-refractivity contribution in [2.75, 3.05) is 18.4 Å². The maximum absolute atomic E-state index is 12.0. The average Bonchev–Trinajstić information content (AvgIpc) is 2.80. The molecule has 1 aliphatic rings. The number of nitrogens with zero attached hydrogens (tertiary/aromatic N) is 1. The van der Waals surface area contributed by atoms with Gasteiger partial charge in [0.2, 0.25) is 0 Å². The number of nitrogens with one attached hydrogen (secondary N) is 2. The summed E-state index contributed by atoms with van der Waals surface area (Å²) in [6.45, 7) is 0.648. The third kappa shape index (κ3) is 2.88. The van der Waals surface area contributed by atoms with Crippen LogP contribution in [0.1, 0.15) is 24.6 Å². The first-order valence-electron chi connectivity index (χ1n) is 5.48. The number of pyridine rings is 1. The molecule has 5 heteroatoms. The summed E-state index contributed by atoms with van der Waals surface area (Å²) in [6.07, 6.45) is -0.151. The normalized spacial score (nSPS) is 20.3. The Bertz CT molecular complexity index is 338. The van der Waals surface area contributed by atoms with E-state index < -0.39 is 6.43 Å². The molecular weight excluding hydrogens is 212 g/mol. The summed E-state index contributed by atoms with van der Waals surface area (Å²) in [5.74, 6) is 0.520. The van der Waals surface area contributed by atoms with E-state index in [0.717, 1.165) is 25.1 Å². The lowest BCUT2D eigenvalue weighted by Crippen LogP contribution is -2.16. The third-order valence-electron chi connectivity index (χ3n) is 2.63. The minimum atomic E-state index is -2.35. The van der Waals surface area contributed by atoms with Crippen molar-refractivity contribution in [1.82, 2.24) is 10.3 Å². The molecule has 2 N–H and O–H groups in total. The second-order valence-electron chi connectivity index (χ2n) is 3.87. The highest BCUT2D eigenvalue weighted by atomic mass is 19.3. The van der Waals surface area contributed by atoms with E-state index in [4.69, 9.17) is 0 Å². The number of rotatable bonds is 4. The highest BCUT2D eigenvalue weighted by Crippen LogP contribution is 2.22. The van der Waals surface area contributed by atoms with Crippen LogP contribution >= 0.6 is 0 Å². The molecule has 0 bridgehead atoms. The second kappa shape index (κ2) is 5.21. The lowest BCUT2D eigenvalue weighted by Gasteiger charge is -2.11. The van der Waals surface area contributed by atoms with Gasteiger partial charge in [0.15, 0.2) is 0 Å². The van der Waals surface area contributed by atoms with Gasteiger partial charge in [0.1, 0.15) is 5.82 Å². The molecule has 1 aliphatic heterocycles. The molecule has 0 unspecified atom stereocenters. The van der Waals surface area contributed by atoms with Gasteiger partial charge in [-0.15, -0.1) is 0 Å². The van der Waals surface area contributed by atoms with Crippen molar-refractivity contribution in [2.24, 2.45) is 0 Å². The summed E-state index contributed by atoms with van der Waals surface area (Å²) in [5.41, 5.74) is 0.928. The van der Waals surface area contributed by atoms with E-state index in [9.17, 15) is 8.78 Å². The van der Waals surface area contributed by atoms with Gasteiger partial charge in [0, 0.05) is 6.04 Å². The fourth-order valence-electron chi connectivity index (χ4n) is 1.86. The maximum atomic E-state index is 12.0. The highest BCUT2D eigenvalue weighted by Gasteiger charge is 2.17. The van der Waals surface area contributed by atoms with Crippen LogP contribution in [0.2, 0.25) is 0 Å². The van der Waals surface area contributed by atoms with Crippen LogP contribution in [0.3, 0.4) is 0 Å². The van der Waals surface area contributed by atoms with Crippen molar-refractivity contribution in [2.45, 2.75) is 25.3 Å². The van der Waals surface area contributed by atoms with Gasteiger partial charge >= 0.3 is 0 Å². The zero-order valence-electron chi connectivity index (χ0n) is 8.92. The molecule has 1 fully saturated rings. The van der Waals surface area contributed by atoms with Crippen LogP contribution in [0.25, 0.3) is 0 Å². The zero-order valence-corrected chi connectivity index (χ0v) is 8.92. The van der Waals surface area contributed by atoms with Gasteiger partial charge in [-0.1, -0.05) is 6.07 Å². The van der Waals surface area contributed by atoms with Gasteiger partial charge in [0.25, 0.3) is 6.43 Å². The van der Waals surface area contributed by atoms with E-state index in [1.54, 1.807) is 6.07 Å². The molecule has 0 aliphatic carbocycles. The van der Waals surface area contributed by atoms with Crippen LogP contribution in [-0.2, 0) is 0 Å². The van der Waals surface area contributed by atoms with E-state index in [2.05, 4.69) is 15.6 Å². The molecule has 2 rings (SSSR count). The number of hydrogen-bond acceptors (Lipinski definition) is 3. The van der Waals surface area contributed by atoms with Crippen LogP contribution in [0.5, 0.6) is 0 Å². The summed E-state index contributed by atoms with van der Waals surface area (Å²) in [4.78, 5) is 4.32. The number of aromatic nitrogens is 1. The molecular formula is C11H15F2N3. The minimum Gasteiger partial charge on any atom is -0.364 e. The minimum absolute atomic E-state index is 0.272. The summed E-state index contributed by atoms with van der Waals surface area (Å²) in [5, 5.41) is 5.95. The predicted molar refractivity (Wildman–Crippen MR) is 58.7 cm³/mol. The first kappa shape index (κ1) is 11.3. The highest BCUT2D eigenvalue weighted by molar-refractivity contribution is 5.36. The van der Waals surface area contributed by atoms with Crippen molar-refractivity contribution < 1.29 is 8.78 Å². The van der Waals surface area contributed by atoms with Gasteiger partial charge < -0.3 is 10.6 Å². The monoisotopic (exact) mass is 227 g/mol. The lowest BCUT2D eigenvalue weighted by molar-refractivity contribution is 0.163. The third-order valence-corrected chi connectivity index (χ3v) is 2.63. The first-order chi connectivity index (χ1) is 7.75.